The average Bonchev–Trinajstić information content (AvgIpc) is 2.73. The number of nitrogen functional groups attached to an aromatic ring is 1. The Morgan fingerprint density at radius 1 is 1.32 bits per heavy atom. The molecule has 1 aromatic carbocycles. The Labute approximate surface area is 114 Å². The molecule has 0 fully saturated rings. The van der Waals surface area contributed by atoms with Gasteiger partial charge in [0, 0.05) is 11.1 Å². The average molecular weight is 336 g/mol. The minimum Gasteiger partial charge on any atom is -0.496 e. The molecule has 1 heterocycles. The molecule has 0 saturated carbocycles. The smallest absolute Gasteiger partial charge is 0.417 e. The molecule has 0 aliphatic carbocycles. The van der Waals surface area contributed by atoms with E-state index in [0.29, 0.717) is 4.47 Å². The van der Waals surface area contributed by atoms with Crippen LogP contribution in [0, 0.1) is 0 Å². The van der Waals surface area contributed by atoms with Crippen LogP contribution in [0.25, 0.3) is 11.1 Å². The summed E-state index contributed by atoms with van der Waals surface area (Å²) in [7, 11) is 1.30. The van der Waals surface area contributed by atoms with E-state index < -0.39 is 11.7 Å². The summed E-state index contributed by atoms with van der Waals surface area (Å²) in [6.07, 6.45) is -3.27. The summed E-state index contributed by atoms with van der Waals surface area (Å²) < 4.78 is 44.5. The van der Waals surface area contributed by atoms with Gasteiger partial charge in [0.2, 0.25) is 0 Å². The van der Waals surface area contributed by atoms with Crippen LogP contribution in [0.4, 0.5) is 19.0 Å². The Morgan fingerprint density at radius 2 is 2.00 bits per heavy atom. The van der Waals surface area contributed by atoms with Crippen molar-refractivity contribution in [2.75, 3.05) is 12.8 Å². The Bertz CT molecular complexity index is 610. The van der Waals surface area contributed by atoms with Crippen LogP contribution in [0.15, 0.2) is 22.8 Å². The summed E-state index contributed by atoms with van der Waals surface area (Å²) in [5.74, 6) is 0.167. The van der Waals surface area contributed by atoms with Crippen LogP contribution in [-0.4, -0.2) is 17.3 Å². The quantitative estimate of drug-likeness (QED) is 0.883. The van der Waals surface area contributed by atoms with Gasteiger partial charge in [0.1, 0.15) is 11.6 Å². The van der Waals surface area contributed by atoms with Crippen molar-refractivity contribution in [2.45, 2.75) is 6.18 Å². The van der Waals surface area contributed by atoms with Crippen molar-refractivity contribution in [3.8, 4) is 16.9 Å². The second kappa shape index (κ2) is 4.76. The van der Waals surface area contributed by atoms with Crippen molar-refractivity contribution in [3.63, 3.8) is 0 Å². The lowest BCUT2D eigenvalue weighted by Crippen LogP contribution is -2.08. The van der Waals surface area contributed by atoms with E-state index in [0.717, 1.165) is 6.07 Å². The molecule has 8 heteroatoms. The first kappa shape index (κ1) is 13.7. The van der Waals surface area contributed by atoms with Gasteiger partial charge < -0.3 is 10.5 Å². The van der Waals surface area contributed by atoms with Crippen molar-refractivity contribution < 1.29 is 17.9 Å². The van der Waals surface area contributed by atoms with Crippen LogP contribution in [-0.2, 0) is 6.18 Å². The SMILES string of the molecule is COc1cc(C(F)(F)F)c(-c2cn[nH]c2N)cc1Br. The zero-order valence-electron chi connectivity index (χ0n) is 9.68. The van der Waals surface area contributed by atoms with Gasteiger partial charge in [-0.3, -0.25) is 5.10 Å². The number of halogens is 4. The highest BCUT2D eigenvalue weighted by Gasteiger charge is 2.35. The topological polar surface area (TPSA) is 63.9 Å². The third-order valence-electron chi connectivity index (χ3n) is 2.56. The van der Waals surface area contributed by atoms with E-state index in [1.807, 2.05) is 0 Å². The van der Waals surface area contributed by atoms with E-state index in [1.165, 1.54) is 19.4 Å². The molecule has 0 bridgehead atoms. The molecule has 0 spiro atoms. The van der Waals surface area contributed by atoms with E-state index in [4.69, 9.17) is 10.5 Å². The number of benzene rings is 1. The Kier molecular flexibility index (Phi) is 3.44. The maximum absolute atomic E-state index is 13.1. The molecule has 0 radical (unpaired) electrons. The first-order valence-corrected chi connectivity index (χ1v) is 5.88. The van der Waals surface area contributed by atoms with E-state index in [-0.39, 0.29) is 22.7 Å². The van der Waals surface area contributed by atoms with Gasteiger partial charge in [0.25, 0.3) is 0 Å². The molecular weight excluding hydrogens is 327 g/mol. The molecule has 4 nitrogen and oxygen atoms in total. The molecule has 0 aliphatic rings. The van der Waals surface area contributed by atoms with Gasteiger partial charge in [0.05, 0.1) is 23.3 Å². The summed E-state index contributed by atoms with van der Waals surface area (Å²) in [5.41, 5.74) is 4.87. The molecule has 102 valence electrons. The summed E-state index contributed by atoms with van der Waals surface area (Å²) >= 11 is 3.15. The van der Waals surface area contributed by atoms with Crippen molar-refractivity contribution in [2.24, 2.45) is 0 Å². The standard InChI is InChI=1S/C11H9BrF3N3O/c1-19-9-3-7(11(13,14)15)5(2-8(9)12)6-4-17-18-10(6)16/h2-4H,1H3,(H3,16,17,18). The van der Waals surface area contributed by atoms with Gasteiger partial charge in [0.15, 0.2) is 0 Å². The third-order valence-corrected chi connectivity index (χ3v) is 3.18. The highest BCUT2D eigenvalue weighted by molar-refractivity contribution is 9.10. The van der Waals surface area contributed by atoms with Crippen molar-refractivity contribution in [1.29, 1.82) is 0 Å². The molecule has 0 saturated heterocycles. The number of nitrogens with zero attached hydrogens (tertiary/aromatic N) is 1. The predicted molar refractivity (Wildman–Crippen MR) is 67.7 cm³/mol. The number of hydrogen-bond donors (Lipinski definition) is 2. The van der Waals surface area contributed by atoms with Crippen LogP contribution >= 0.6 is 15.9 Å². The maximum Gasteiger partial charge on any atom is 0.417 e. The number of hydrogen-bond acceptors (Lipinski definition) is 3. The lowest BCUT2D eigenvalue weighted by Gasteiger charge is -2.15. The number of ether oxygens (including phenoxy) is 1. The molecule has 0 unspecified atom stereocenters. The molecule has 3 N–H and O–H groups in total. The summed E-state index contributed by atoms with van der Waals surface area (Å²) in [6, 6.07) is 2.23. The van der Waals surface area contributed by atoms with Crippen LogP contribution < -0.4 is 10.5 Å². The number of rotatable bonds is 2. The normalized spacial score (nSPS) is 11.6. The number of aromatic amines is 1. The van der Waals surface area contributed by atoms with Gasteiger partial charge in [-0.2, -0.15) is 18.3 Å². The van der Waals surface area contributed by atoms with Gasteiger partial charge >= 0.3 is 6.18 Å². The molecule has 0 aliphatic heterocycles. The van der Waals surface area contributed by atoms with E-state index in [9.17, 15) is 13.2 Å². The van der Waals surface area contributed by atoms with E-state index in [2.05, 4.69) is 26.1 Å². The second-order valence-electron chi connectivity index (χ2n) is 3.73. The first-order chi connectivity index (χ1) is 8.84. The van der Waals surface area contributed by atoms with Crippen LogP contribution in [0.3, 0.4) is 0 Å². The second-order valence-corrected chi connectivity index (χ2v) is 4.58. The number of alkyl halides is 3. The fourth-order valence-electron chi connectivity index (χ4n) is 1.68. The first-order valence-electron chi connectivity index (χ1n) is 5.08. The van der Waals surface area contributed by atoms with E-state index in [1.54, 1.807) is 0 Å². The summed E-state index contributed by atoms with van der Waals surface area (Å²) in [4.78, 5) is 0. The van der Waals surface area contributed by atoms with Gasteiger partial charge in [-0.05, 0) is 28.1 Å². The minimum absolute atomic E-state index is 0.0635. The van der Waals surface area contributed by atoms with Crippen LogP contribution in [0.5, 0.6) is 5.75 Å². The van der Waals surface area contributed by atoms with Gasteiger partial charge in [-0.1, -0.05) is 0 Å². The molecule has 2 aromatic rings. The highest BCUT2D eigenvalue weighted by Crippen LogP contribution is 2.43. The maximum atomic E-state index is 13.1. The van der Waals surface area contributed by atoms with Crippen LogP contribution in [0.1, 0.15) is 5.56 Å². The number of H-pyrrole nitrogens is 1. The Morgan fingerprint density at radius 3 is 2.47 bits per heavy atom. The molecule has 0 amide bonds. The number of nitrogens with one attached hydrogen (secondary N) is 1. The number of aromatic nitrogens is 2. The molecule has 0 atom stereocenters. The molecule has 19 heavy (non-hydrogen) atoms. The molecule has 2 rings (SSSR count). The summed E-state index contributed by atoms with van der Waals surface area (Å²) in [6.45, 7) is 0. The number of nitrogens with two attached hydrogens (primary N) is 1. The van der Waals surface area contributed by atoms with Crippen LogP contribution in [0.2, 0.25) is 0 Å². The summed E-state index contributed by atoms with van der Waals surface area (Å²) in [5, 5.41) is 6.04. The fourth-order valence-corrected chi connectivity index (χ4v) is 2.18. The zero-order chi connectivity index (χ0) is 14.2. The lowest BCUT2D eigenvalue weighted by molar-refractivity contribution is -0.137. The highest BCUT2D eigenvalue weighted by atomic mass is 79.9. The number of methoxy groups -OCH3 is 1. The lowest BCUT2D eigenvalue weighted by atomic mass is 10.0. The van der Waals surface area contributed by atoms with E-state index >= 15 is 0 Å². The van der Waals surface area contributed by atoms with Crippen molar-refractivity contribution >= 4 is 21.7 Å². The fraction of sp³-hybridized carbons (Fsp3) is 0.182. The molecular formula is C11H9BrF3N3O. The number of anilines is 1. The largest absolute Gasteiger partial charge is 0.496 e. The van der Waals surface area contributed by atoms with Gasteiger partial charge in [-0.15, -0.1) is 0 Å². The Balaban J connectivity index is 2.73. The van der Waals surface area contributed by atoms with Crippen molar-refractivity contribution in [3.05, 3.63) is 28.4 Å². The Hall–Kier alpha value is -1.70. The monoisotopic (exact) mass is 335 g/mol. The predicted octanol–water partition coefficient (Wildman–Crippen LogP) is 3.45. The minimum atomic E-state index is -4.52. The third kappa shape index (κ3) is 2.53. The molecule has 1 aromatic heterocycles. The zero-order valence-corrected chi connectivity index (χ0v) is 11.3. The van der Waals surface area contributed by atoms with Crippen molar-refractivity contribution in [1.82, 2.24) is 10.2 Å². The van der Waals surface area contributed by atoms with Gasteiger partial charge in [-0.25, -0.2) is 0 Å².